The van der Waals surface area contributed by atoms with Crippen LogP contribution < -0.4 is 10.6 Å². The highest BCUT2D eigenvalue weighted by Crippen LogP contribution is 2.35. The number of fused-ring (bicyclic) bond motifs is 1. The standard InChI is InChI=1S/C21H25N3O5S/c1-21(2,3)29-20(27)22-14(11-12-7-5-4-6-8-12)19(26)23-15-13-9-10-30-18(13)16(24-28)17(15)25/h4-10,14-15,17,25,28H,11H2,1-3H3,(H,22,27)(H,23,26)/b24-16-/t14-,15+,17+/m0/s1. The average molecular weight is 432 g/mol. The molecule has 0 bridgehead atoms. The molecule has 2 aromatic rings. The molecule has 30 heavy (non-hydrogen) atoms. The summed E-state index contributed by atoms with van der Waals surface area (Å²) in [7, 11) is 0. The maximum Gasteiger partial charge on any atom is 0.408 e. The highest BCUT2D eigenvalue weighted by Gasteiger charge is 2.40. The summed E-state index contributed by atoms with van der Waals surface area (Å²) >= 11 is 1.32. The summed E-state index contributed by atoms with van der Waals surface area (Å²) in [5.74, 6) is -0.481. The van der Waals surface area contributed by atoms with E-state index in [0.29, 0.717) is 10.4 Å². The molecule has 1 aromatic heterocycles. The molecule has 1 heterocycles. The van der Waals surface area contributed by atoms with E-state index in [0.717, 1.165) is 5.56 Å². The summed E-state index contributed by atoms with van der Waals surface area (Å²) in [5, 5.41) is 30.1. The zero-order valence-corrected chi connectivity index (χ0v) is 17.8. The predicted octanol–water partition coefficient (Wildman–Crippen LogP) is 2.59. The van der Waals surface area contributed by atoms with Crippen LogP contribution in [0.2, 0.25) is 0 Å². The Kier molecular flexibility index (Phi) is 6.42. The van der Waals surface area contributed by atoms with Crippen LogP contribution >= 0.6 is 11.3 Å². The Morgan fingerprint density at radius 1 is 1.23 bits per heavy atom. The van der Waals surface area contributed by atoms with Crippen molar-refractivity contribution in [3.05, 3.63) is 57.8 Å². The van der Waals surface area contributed by atoms with Crippen molar-refractivity contribution in [1.29, 1.82) is 0 Å². The minimum absolute atomic E-state index is 0.116. The van der Waals surface area contributed by atoms with Crippen molar-refractivity contribution < 1.29 is 24.6 Å². The Hall–Kier alpha value is -2.91. The molecule has 4 N–H and O–H groups in total. The summed E-state index contributed by atoms with van der Waals surface area (Å²) in [6.45, 7) is 5.21. The number of ether oxygens (including phenoxy) is 1. The molecule has 0 aliphatic heterocycles. The van der Waals surface area contributed by atoms with E-state index >= 15 is 0 Å². The van der Waals surface area contributed by atoms with Crippen LogP contribution in [0.15, 0.2) is 46.9 Å². The molecule has 0 fully saturated rings. The molecule has 1 aliphatic rings. The summed E-state index contributed by atoms with van der Waals surface area (Å²) in [4.78, 5) is 26.0. The molecule has 0 saturated carbocycles. The third-order valence-electron chi connectivity index (χ3n) is 4.55. The second-order valence-electron chi connectivity index (χ2n) is 8.01. The Morgan fingerprint density at radius 2 is 1.93 bits per heavy atom. The fourth-order valence-electron chi connectivity index (χ4n) is 3.26. The lowest BCUT2D eigenvalue weighted by Gasteiger charge is -2.25. The second-order valence-corrected chi connectivity index (χ2v) is 8.93. The van der Waals surface area contributed by atoms with Crippen LogP contribution in [0.1, 0.15) is 42.8 Å². The third-order valence-corrected chi connectivity index (χ3v) is 5.51. The molecule has 0 spiro atoms. The van der Waals surface area contributed by atoms with Crippen LogP contribution in [0.3, 0.4) is 0 Å². The number of oxime groups is 1. The van der Waals surface area contributed by atoms with Crippen molar-refractivity contribution in [1.82, 2.24) is 10.6 Å². The minimum atomic E-state index is -1.18. The van der Waals surface area contributed by atoms with Gasteiger partial charge in [-0.1, -0.05) is 35.5 Å². The maximum absolute atomic E-state index is 13.1. The average Bonchev–Trinajstić information content (AvgIpc) is 3.22. The molecule has 2 amide bonds. The first-order valence-corrected chi connectivity index (χ1v) is 10.4. The molecule has 1 aromatic carbocycles. The largest absolute Gasteiger partial charge is 0.444 e. The quantitative estimate of drug-likeness (QED) is 0.428. The van der Waals surface area contributed by atoms with Gasteiger partial charge >= 0.3 is 6.09 Å². The fraction of sp³-hybridized carbons (Fsp3) is 0.381. The van der Waals surface area contributed by atoms with Gasteiger partial charge in [0, 0.05) is 6.42 Å². The molecule has 8 nitrogen and oxygen atoms in total. The van der Waals surface area contributed by atoms with E-state index in [4.69, 9.17) is 4.74 Å². The molecule has 0 saturated heterocycles. The number of hydrogen-bond acceptors (Lipinski definition) is 7. The zero-order chi connectivity index (χ0) is 21.9. The number of alkyl carbamates (subject to hydrolysis) is 1. The van der Waals surface area contributed by atoms with Crippen LogP contribution in [0.25, 0.3) is 0 Å². The topological polar surface area (TPSA) is 120 Å². The van der Waals surface area contributed by atoms with Crippen molar-refractivity contribution >= 4 is 29.0 Å². The molecule has 0 radical (unpaired) electrons. The van der Waals surface area contributed by atoms with Gasteiger partial charge in [0.25, 0.3) is 0 Å². The van der Waals surface area contributed by atoms with E-state index in [2.05, 4.69) is 15.8 Å². The Morgan fingerprint density at radius 3 is 2.57 bits per heavy atom. The van der Waals surface area contributed by atoms with Crippen LogP contribution in [0, 0.1) is 0 Å². The number of amides is 2. The lowest BCUT2D eigenvalue weighted by molar-refractivity contribution is -0.124. The lowest BCUT2D eigenvalue weighted by atomic mass is 10.0. The number of carbonyl (C=O) groups excluding carboxylic acids is 2. The van der Waals surface area contributed by atoms with Gasteiger partial charge in [-0.25, -0.2) is 4.79 Å². The van der Waals surface area contributed by atoms with E-state index in [9.17, 15) is 19.9 Å². The van der Waals surface area contributed by atoms with Crippen molar-refractivity contribution in [2.45, 2.75) is 51.0 Å². The smallest absolute Gasteiger partial charge is 0.408 e. The van der Waals surface area contributed by atoms with E-state index in [1.165, 1.54) is 11.3 Å². The normalized spacial score (nSPS) is 20.5. The number of thiophene rings is 1. The van der Waals surface area contributed by atoms with Gasteiger partial charge in [0.15, 0.2) is 0 Å². The second kappa shape index (κ2) is 8.85. The lowest BCUT2D eigenvalue weighted by Crippen LogP contribution is -2.51. The van der Waals surface area contributed by atoms with Crippen molar-refractivity contribution in [2.75, 3.05) is 0 Å². The minimum Gasteiger partial charge on any atom is -0.444 e. The van der Waals surface area contributed by atoms with Crippen molar-refractivity contribution in [3.8, 4) is 0 Å². The van der Waals surface area contributed by atoms with E-state index in [1.54, 1.807) is 32.2 Å². The molecule has 160 valence electrons. The van der Waals surface area contributed by atoms with Gasteiger partial charge in [-0.15, -0.1) is 11.3 Å². The van der Waals surface area contributed by atoms with Gasteiger partial charge in [0.2, 0.25) is 5.91 Å². The van der Waals surface area contributed by atoms with Crippen LogP contribution in [-0.2, 0) is 16.0 Å². The van der Waals surface area contributed by atoms with Crippen LogP contribution in [0.5, 0.6) is 0 Å². The zero-order valence-electron chi connectivity index (χ0n) is 17.0. The van der Waals surface area contributed by atoms with Crippen LogP contribution in [0.4, 0.5) is 4.79 Å². The molecular formula is C21H25N3O5S. The summed E-state index contributed by atoms with van der Waals surface area (Å²) < 4.78 is 5.30. The maximum atomic E-state index is 13.1. The molecule has 1 aliphatic carbocycles. The highest BCUT2D eigenvalue weighted by atomic mass is 32.1. The number of aliphatic hydroxyl groups excluding tert-OH is 1. The number of nitrogens with one attached hydrogen (secondary N) is 2. The van der Waals surface area contributed by atoms with E-state index in [1.807, 2.05) is 30.3 Å². The number of nitrogens with zero attached hydrogens (tertiary/aromatic N) is 1. The van der Waals surface area contributed by atoms with Gasteiger partial charge in [0.1, 0.15) is 23.5 Å². The van der Waals surface area contributed by atoms with Crippen molar-refractivity contribution in [3.63, 3.8) is 0 Å². The Labute approximate surface area is 178 Å². The number of rotatable bonds is 5. The first-order chi connectivity index (χ1) is 14.2. The molecule has 0 unspecified atom stereocenters. The first-order valence-electron chi connectivity index (χ1n) is 9.51. The van der Waals surface area contributed by atoms with Gasteiger partial charge in [0.05, 0.1) is 10.9 Å². The molecule has 3 atom stereocenters. The summed E-state index contributed by atoms with van der Waals surface area (Å²) in [6.07, 6.45) is -1.65. The molecular weight excluding hydrogens is 406 g/mol. The van der Waals surface area contributed by atoms with Gasteiger partial charge in [-0.3, -0.25) is 4.79 Å². The molecule has 9 heteroatoms. The summed E-state index contributed by atoms with van der Waals surface area (Å²) in [6, 6.07) is 9.34. The molecule has 3 rings (SSSR count). The highest BCUT2D eigenvalue weighted by molar-refractivity contribution is 7.12. The third kappa shape index (κ3) is 4.98. The number of carbonyl (C=O) groups is 2. The van der Waals surface area contributed by atoms with E-state index in [-0.39, 0.29) is 12.1 Å². The SMILES string of the molecule is CC(C)(C)OC(=O)N[C@@H](Cc1ccccc1)C(=O)N[C@@H]1c2ccsc2/C(=N\O)[C@@H]1O. The fourth-order valence-corrected chi connectivity index (χ4v) is 4.22. The number of hydrogen-bond donors (Lipinski definition) is 4. The van der Waals surface area contributed by atoms with Crippen LogP contribution in [-0.4, -0.2) is 45.8 Å². The first kappa shape index (κ1) is 21.8. The van der Waals surface area contributed by atoms with Gasteiger partial charge in [-0.05, 0) is 43.3 Å². The number of aliphatic hydroxyl groups is 1. The summed E-state index contributed by atoms with van der Waals surface area (Å²) in [5.41, 5.74) is 0.932. The predicted molar refractivity (Wildman–Crippen MR) is 113 cm³/mol. The van der Waals surface area contributed by atoms with E-state index < -0.39 is 35.8 Å². The monoisotopic (exact) mass is 431 g/mol. The van der Waals surface area contributed by atoms with Crippen molar-refractivity contribution in [2.24, 2.45) is 5.16 Å². The number of benzene rings is 1. The Balaban J connectivity index is 1.79. The Bertz CT molecular complexity index is 936. The van der Waals surface area contributed by atoms with Gasteiger partial charge < -0.3 is 25.7 Å². The van der Waals surface area contributed by atoms with Gasteiger partial charge in [-0.2, -0.15) is 0 Å².